The minimum atomic E-state index is 0. The Morgan fingerprint density at radius 3 is 2.43 bits per heavy atom. The van der Waals surface area contributed by atoms with Gasteiger partial charge in [0.15, 0.2) is 0 Å². The summed E-state index contributed by atoms with van der Waals surface area (Å²) in [6, 6.07) is 1.59. The van der Waals surface area contributed by atoms with Crippen molar-refractivity contribution in [3.63, 3.8) is 0 Å². The first-order chi connectivity index (χ1) is 3.00. The molecule has 1 heterocycles. The molecule has 0 N–H and O–H groups in total. The molecule has 3 nitrogen and oxygen atoms in total. The summed E-state index contributed by atoms with van der Waals surface area (Å²) >= 11 is 0. The summed E-state index contributed by atoms with van der Waals surface area (Å²) in [5.74, 6) is 0. The van der Waals surface area contributed by atoms with Crippen molar-refractivity contribution in [2.45, 2.75) is 0 Å². The third kappa shape index (κ3) is 2.25. The molecule has 0 bridgehead atoms. The third-order valence-electron chi connectivity index (χ3n) is 0.370. The summed E-state index contributed by atoms with van der Waals surface area (Å²) in [6.07, 6.45) is 3.99. The van der Waals surface area contributed by atoms with Crippen LogP contribution in [0.1, 0.15) is 0 Å². The van der Waals surface area contributed by atoms with Crippen LogP contribution in [0.15, 0.2) is 12.3 Å². The monoisotopic (exact) mass is 136 g/mol. The number of aromatic nitrogens is 3. The van der Waals surface area contributed by atoms with Gasteiger partial charge >= 0.3 is 0 Å². The number of hydrogen-bond acceptors (Lipinski definition) is 3. The van der Waals surface area contributed by atoms with E-state index in [-0.39, 0.29) is 17.1 Å². The van der Waals surface area contributed by atoms with E-state index in [0.717, 1.165) is 0 Å². The molecule has 1 rings (SSSR count). The molecule has 0 saturated carbocycles. The largest absolute Gasteiger partial charge is 0.247 e. The van der Waals surface area contributed by atoms with Gasteiger partial charge in [0.2, 0.25) is 0 Å². The topological polar surface area (TPSA) is 38.7 Å². The molecule has 7 heavy (non-hydrogen) atoms. The van der Waals surface area contributed by atoms with Crippen LogP contribution in [0, 0.1) is 6.20 Å². The number of hydrogen-bond donors (Lipinski definition) is 0. The Labute approximate surface area is 51.6 Å². The molecule has 0 unspecified atom stereocenters. The van der Waals surface area contributed by atoms with Crippen LogP contribution in [0.5, 0.6) is 0 Å². The van der Waals surface area contributed by atoms with Crippen molar-refractivity contribution in [2.24, 2.45) is 0 Å². The van der Waals surface area contributed by atoms with Crippen molar-refractivity contribution in [1.82, 2.24) is 15.4 Å². The van der Waals surface area contributed by atoms with Gasteiger partial charge in [0.05, 0.1) is 0 Å². The quantitative estimate of drug-likeness (QED) is 0.362. The molecular formula is C3H2FeN3-. The summed E-state index contributed by atoms with van der Waals surface area (Å²) in [5.41, 5.74) is 0. The maximum atomic E-state index is 3.39. The molecule has 0 fully saturated rings. The summed E-state index contributed by atoms with van der Waals surface area (Å²) in [6.45, 7) is 0. The molecule has 0 amide bonds. The van der Waals surface area contributed by atoms with Crippen LogP contribution < -0.4 is 0 Å². The molecule has 0 aliphatic rings. The van der Waals surface area contributed by atoms with E-state index in [9.17, 15) is 0 Å². The van der Waals surface area contributed by atoms with Gasteiger partial charge in [-0.25, -0.2) is 10.2 Å². The van der Waals surface area contributed by atoms with E-state index >= 15 is 0 Å². The second-order valence-corrected chi connectivity index (χ2v) is 0.750. The van der Waals surface area contributed by atoms with Crippen molar-refractivity contribution in [2.75, 3.05) is 0 Å². The molecule has 1 aromatic rings. The smallest absolute Gasteiger partial charge is 0 e. The van der Waals surface area contributed by atoms with Gasteiger partial charge in [-0.3, -0.25) is 0 Å². The van der Waals surface area contributed by atoms with Crippen LogP contribution in [0.2, 0.25) is 0 Å². The Bertz CT molecular complexity index is 82.1. The zero-order valence-corrected chi connectivity index (χ0v) is 4.45. The van der Waals surface area contributed by atoms with Crippen LogP contribution in [0.3, 0.4) is 0 Å². The standard InChI is InChI=1S/C3H2N3.Fe/c1-2-4-6-5-3-1;/h1-2H;/q-1;. The van der Waals surface area contributed by atoms with Gasteiger partial charge in [-0.05, 0) is 0 Å². The number of nitrogens with zero attached hydrogens (tertiary/aromatic N) is 3. The SMILES string of the molecule is [Fe].[c-]1ccnnn1. The van der Waals surface area contributed by atoms with Gasteiger partial charge in [0.1, 0.15) is 0 Å². The fourth-order valence-corrected chi connectivity index (χ4v) is 0.181. The molecule has 0 aliphatic heterocycles. The maximum absolute atomic E-state index is 3.39. The molecule has 1 aromatic heterocycles. The number of rotatable bonds is 0. The minimum Gasteiger partial charge on any atom is -0.247 e. The Morgan fingerprint density at radius 1 is 1.43 bits per heavy atom. The van der Waals surface area contributed by atoms with E-state index in [1.165, 1.54) is 6.20 Å². The van der Waals surface area contributed by atoms with Crippen LogP contribution in [-0.2, 0) is 17.1 Å². The first-order valence-corrected chi connectivity index (χ1v) is 1.50. The fourth-order valence-electron chi connectivity index (χ4n) is 0.181. The summed E-state index contributed by atoms with van der Waals surface area (Å²) < 4.78 is 0. The van der Waals surface area contributed by atoms with Crippen molar-refractivity contribution in [3.8, 4) is 0 Å². The van der Waals surface area contributed by atoms with E-state index < -0.39 is 0 Å². The molecular weight excluding hydrogens is 134 g/mol. The Balaban J connectivity index is 0.000000360. The van der Waals surface area contributed by atoms with Gasteiger partial charge in [0, 0.05) is 17.1 Å². The van der Waals surface area contributed by atoms with E-state index in [4.69, 9.17) is 0 Å². The second kappa shape index (κ2) is 3.71. The Kier molecular flexibility index (Phi) is 3.46. The van der Waals surface area contributed by atoms with E-state index in [1.54, 1.807) is 6.07 Å². The molecule has 0 radical (unpaired) electrons. The third-order valence-corrected chi connectivity index (χ3v) is 0.370. The van der Waals surface area contributed by atoms with E-state index in [2.05, 4.69) is 21.6 Å². The zero-order valence-electron chi connectivity index (χ0n) is 3.35. The zero-order chi connectivity index (χ0) is 4.24. The van der Waals surface area contributed by atoms with Gasteiger partial charge in [-0.1, -0.05) is 11.4 Å². The van der Waals surface area contributed by atoms with Crippen molar-refractivity contribution >= 4 is 0 Å². The Morgan fingerprint density at radius 2 is 2.29 bits per heavy atom. The molecule has 0 spiro atoms. The van der Waals surface area contributed by atoms with Crippen molar-refractivity contribution in [3.05, 3.63) is 18.5 Å². The second-order valence-electron chi connectivity index (χ2n) is 0.750. The van der Waals surface area contributed by atoms with Gasteiger partial charge in [-0.2, -0.15) is 6.07 Å². The Hall–Kier alpha value is -0.471. The van der Waals surface area contributed by atoms with E-state index in [1.807, 2.05) is 0 Å². The summed E-state index contributed by atoms with van der Waals surface area (Å²) in [5, 5.41) is 9.92. The molecule has 0 aromatic carbocycles. The average molecular weight is 136 g/mol. The first kappa shape index (κ1) is 6.53. The maximum Gasteiger partial charge on any atom is 0 e. The predicted octanol–water partition coefficient (Wildman–Crippen LogP) is -0.331. The molecule has 4 heteroatoms. The van der Waals surface area contributed by atoms with Crippen molar-refractivity contribution in [1.29, 1.82) is 0 Å². The van der Waals surface area contributed by atoms with Crippen LogP contribution in [0.4, 0.5) is 0 Å². The first-order valence-electron chi connectivity index (χ1n) is 1.50. The minimum absolute atomic E-state index is 0. The average Bonchev–Trinajstić information content (AvgIpc) is 1.72. The van der Waals surface area contributed by atoms with Crippen LogP contribution in [0.25, 0.3) is 0 Å². The van der Waals surface area contributed by atoms with Crippen LogP contribution >= 0.6 is 0 Å². The fraction of sp³-hybridized carbons (Fsp3) is 0. The van der Waals surface area contributed by atoms with Crippen molar-refractivity contribution < 1.29 is 17.1 Å². The van der Waals surface area contributed by atoms with Gasteiger partial charge in [-0.15, -0.1) is 6.20 Å². The van der Waals surface area contributed by atoms with Gasteiger partial charge < -0.3 is 0 Å². The summed E-state index contributed by atoms with van der Waals surface area (Å²) in [7, 11) is 0. The molecule has 0 aliphatic carbocycles. The van der Waals surface area contributed by atoms with E-state index in [0.29, 0.717) is 0 Å². The van der Waals surface area contributed by atoms with Crippen LogP contribution in [-0.4, -0.2) is 15.4 Å². The van der Waals surface area contributed by atoms with Gasteiger partial charge in [0.25, 0.3) is 0 Å². The normalized spacial score (nSPS) is 6.86. The summed E-state index contributed by atoms with van der Waals surface area (Å²) in [4.78, 5) is 0. The molecule has 38 valence electrons. The predicted molar refractivity (Wildman–Crippen MR) is 18.7 cm³/mol. The molecule has 0 saturated heterocycles. The molecule has 0 atom stereocenters.